The van der Waals surface area contributed by atoms with Crippen LogP contribution in [-0.2, 0) is 21.4 Å². The number of esters is 1. The summed E-state index contributed by atoms with van der Waals surface area (Å²) < 4.78 is 55.5. The number of carbonyl (C=O) groups excluding carboxylic acids is 2. The van der Waals surface area contributed by atoms with E-state index in [9.17, 15) is 22.8 Å². The van der Waals surface area contributed by atoms with Crippen molar-refractivity contribution in [3.63, 3.8) is 0 Å². The van der Waals surface area contributed by atoms with Gasteiger partial charge >= 0.3 is 24.3 Å². The maximum atomic E-state index is 12.9. The van der Waals surface area contributed by atoms with Gasteiger partial charge in [-0.1, -0.05) is 23.7 Å². The van der Waals surface area contributed by atoms with Crippen LogP contribution < -0.4 is 20.1 Å². The molecule has 0 saturated carbocycles. The van der Waals surface area contributed by atoms with Crippen LogP contribution in [0, 0.1) is 0 Å². The Labute approximate surface area is 242 Å². The van der Waals surface area contributed by atoms with Crippen molar-refractivity contribution in [2.75, 3.05) is 12.4 Å². The number of nitrogens with zero attached hydrogens (tertiary/aromatic N) is 4. The van der Waals surface area contributed by atoms with Crippen LogP contribution in [0.3, 0.4) is 0 Å². The molecule has 0 bridgehead atoms. The summed E-state index contributed by atoms with van der Waals surface area (Å²) in [5.74, 6) is -2.79. The molecule has 0 aliphatic heterocycles. The van der Waals surface area contributed by atoms with Crippen molar-refractivity contribution >= 4 is 45.9 Å². The Morgan fingerprint density at radius 2 is 1.83 bits per heavy atom. The number of anilines is 2. The summed E-state index contributed by atoms with van der Waals surface area (Å²) in [5, 5.41) is 10.6. The summed E-state index contributed by atoms with van der Waals surface area (Å²) >= 11 is 6.35. The quantitative estimate of drug-likeness (QED) is 0.206. The minimum absolute atomic E-state index is 0.0882. The first kappa shape index (κ1) is 30.4. The monoisotopic (exact) mass is 606 g/mol. The van der Waals surface area contributed by atoms with Gasteiger partial charge in [0.2, 0.25) is 0 Å². The second-order valence-corrected chi connectivity index (χ2v) is 10.5. The lowest BCUT2D eigenvalue weighted by Gasteiger charge is -2.25. The molecule has 2 N–H and O–H groups in total. The largest absolute Gasteiger partial charge is 0.495 e. The summed E-state index contributed by atoms with van der Waals surface area (Å²) in [6.07, 6.45) is -4.24. The number of hydrogen-bond donors (Lipinski definition) is 2. The van der Waals surface area contributed by atoms with Crippen LogP contribution in [0.15, 0.2) is 48.8 Å². The second kappa shape index (κ2) is 11.7. The number of nitrogens with one attached hydrogen (secondary N) is 2. The molecule has 0 aliphatic rings. The van der Waals surface area contributed by atoms with Gasteiger partial charge in [-0.05, 0) is 45.0 Å². The van der Waals surface area contributed by atoms with Gasteiger partial charge < -0.3 is 24.8 Å². The SMILES string of the molecule is COc1cc2c(Nc3cnn(C)c3)nc(-c3cccc(OC(OC(=O)C(F)(F)F)C(=O)NC(C)(C)C)c3)nc2cc1Cl. The molecule has 42 heavy (non-hydrogen) atoms. The zero-order valence-electron chi connectivity index (χ0n) is 23.0. The highest BCUT2D eigenvalue weighted by molar-refractivity contribution is 6.33. The Morgan fingerprint density at radius 3 is 2.45 bits per heavy atom. The molecule has 2 aromatic carbocycles. The van der Waals surface area contributed by atoms with Crippen LogP contribution in [0.25, 0.3) is 22.3 Å². The lowest BCUT2D eigenvalue weighted by Crippen LogP contribution is -2.50. The first-order valence-corrected chi connectivity index (χ1v) is 12.7. The Hall–Kier alpha value is -4.59. The number of halogens is 4. The molecule has 15 heteroatoms. The molecule has 222 valence electrons. The fraction of sp³-hybridized carbons (Fsp3) is 0.296. The molecule has 1 amide bonds. The van der Waals surface area contributed by atoms with Crippen molar-refractivity contribution in [2.24, 2.45) is 7.05 Å². The van der Waals surface area contributed by atoms with Crippen LogP contribution in [0.2, 0.25) is 5.02 Å². The van der Waals surface area contributed by atoms with E-state index in [0.717, 1.165) is 0 Å². The minimum atomic E-state index is -5.34. The van der Waals surface area contributed by atoms with E-state index in [1.165, 1.54) is 25.3 Å². The van der Waals surface area contributed by atoms with Gasteiger partial charge in [0.15, 0.2) is 5.82 Å². The average Bonchev–Trinajstić information content (AvgIpc) is 3.30. The lowest BCUT2D eigenvalue weighted by molar-refractivity contribution is -0.216. The molecule has 1 atom stereocenters. The van der Waals surface area contributed by atoms with Crippen LogP contribution in [0.1, 0.15) is 20.8 Å². The normalized spacial score (nSPS) is 12.5. The van der Waals surface area contributed by atoms with E-state index >= 15 is 0 Å². The summed E-state index contributed by atoms with van der Waals surface area (Å²) in [6, 6.07) is 9.17. The summed E-state index contributed by atoms with van der Waals surface area (Å²) in [5.41, 5.74) is 0.595. The number of carbonyl (C=O) groups is 2. The molecular formula is C27H26ClF3N6O5. The highest BCUT2D eigenvalue weighted by atomic mass is 35.5. The number of alkyl halides is 3. The zero-order valence-corrected chi connectivity index (χ0v) is 23.8. The van der Waals surface area contributed by atoms with E-state index in [0.29, 0.717) is 38.7 Å². The average molecular weight is 607 g/mol. The molecule has 0 fully saturated rings. The van der Waals surface area contributed by atoms with Gasteiger partial charge in [-0.2, -0.15) is 18.3 Å². The number of fused-ring (bicyclic) bond motifs is 1. The Balaban J connectivity index is 1.73. The van der Waals surface area contributed by atoms with Crippen LogP contribution in [0.5, 0.6) is 11.5 Å². The fourth-order valence-electron chi connectivity index (χ4n) is 3.69. The second-order valence-electron chi connectivity index (χ2n) is 10.0. The Bertz CT molecular complexity index is 1640. The molecular weight excluding hydrogens is 581 g/mol. The summed E-state index contributed by atoms with van der Waals surface area (Å²) in [4.78, 5) is 33.5. The molecule has 0 spiro atoms. The van der Waals surface area contributed by atoms with E-state index in [4.69, 9.17) is 21.1 Å². The highest BCUT2D eigenvalue weighted by Crippen LogP contribution is 2.35. The predicted molar refractivity (Wildman–Crippen MR) is 147 cm³/mol. The summed E-state index contributed by atoms with van der Waals surface area (Å²) in [7, 11) is 3.23. The van der Waals surface area contributed by atoms with Crippen LogP contribution >= 0.6 is 11.6 Å². The number of aromatic nitrogens is 4. The Kier molecular flexibility index (Phi) is 8.48. The summed E-state index contributed by atoms with van der Waals surface area (Å²) in [6.45, 7) is 4.80. The topological polar surface area (TPSA) is 129 Å². The number of methoxy groups -OCH3 is 1. The molecule has 1 unspecified atom stereocenters. The van der Waals surface area contributed by atoms with Gasteiger partial charge in [0.25, 0.3) is 0 Å². The minimum Gasteiger partial charge on any atom is -0.495 e. The van der Waals surface area contributed by atoms with Crippen molar-refractivity contribution in [1.82, 2.24) is 25.1 Å². The lowest BCUT2D eigenvalue weighted by atomic mass is 10.1. The van der Waals surface area contributed by atoms with Crippen LogP contribution in [-0.4, -0.2) is 56.7 Å². The standard InChI is InChI=1S/C27H26ClF3N6O5/c1-26(2,3)36-23(38)24(42-25(39)27(29,30)31)41-16-8-6-7-14(9-16)21-34-19-11-18(28)20(40-5)10-17(19)22(35-21)33-15-12-32-37(4)13-15/h6-13,24H,1-5H3,(H,36,38)(H,33,34,35). The molecule has 2 aromatic heterocycles. The van der Waals surface area contributed by atoms with E-state index in [2.05, 4.69) is 30.4 Å². The van der Waals surface area contributed by atoms with E-state index in [1.54, 1.807) is 63.1 Å². The number of rotatable bonds is 8. The molecule has 0 saturated heterocycles. The first-order valence-electron chi connectivity index (χ1n) is 12.3. The van der Waals surface area contributed by atoms with E-state index in [1.807, 2.05) is 0 Å². The van der Waals surface area contributed by atoms with Gasteiger partial charge in [0.05, 0.1) is 29.5 Å². The molecule has 2 heterocycles. The molecule has 11 nitrogen and oxygen atoms in total. The molecule has 4 aromatic rings. The van der Waals surface area contributed by atoms with Crippen molar-refractivity contribution < 1.29 is 37.0 Å². The third-order valence-corrected chi connectivity index (χ3v) is 5.73. The molecule has 0 radical (unpaired) electrons. The predicted octanol–water partition coefficient (Wildman–Crippen LogP) is 5.16. The zero-order chi connectivity index (χ0) is 30.8. The van der Waals surface area contributed by atoms with Crippen molar-refractivity contribution in [3.8, 4) is 22.9 Å². The number of hydrogen-bond acceptors (Lipinski definition) is 9. The van der Waals surface area contributed by atoms with E-state index < -0.39 is 29.9 Å². The third-order valence-electron chi connectivity index (χ3n) is 5.43. The maximum Gasteiger partial charge on any atom is 0.491 e. The first-order chi connectivity index (χ1) is 19.6. The maximum absolute atomic E-state index is 12.9. The van der Waals surface area contributed by atoms with Crippen molar-refractivity contribution in [3.05, 3.63) is 53.8 Å². The van der Waals surface area contributed by atoms with Gasteiger partial charge in [-0.15, -0.1) is 0 Å². The highest BCUT2D eigenvalue weighted by Gasteiger charge is 2.44. The fourth-order valence-corrected chi connectivity index (χ4v) is 3.92. The number of ether oxygens (including phenoxy) is 3. The van der Waals surface area contributed by atoms with Crippen molar-refractivity contribution in [1.29, 1.82) is 0 Å². The number of amides is 1. The molecule has 0 aliphatic carbocycles. The number of benzene rings is 2. The van der Waals surface area contributed by atoms with Crippen LogP contribution in [0.4, 0.5) is 24.7 Å². The van der Waals surface area contributed by atoms with Gasteiger partial charge in [0.1, 0.15) is 17.3 Å². The molecule has 4 rings (SSSR count). The van der Waals surface area contributed by atoms with Gasteiger partial charge in [-0.25, -0.2) is 14.8 Å². The van der Waals surface area contributed by atoms with E-state index in [-0.39, 0.29) is 11.6 Å². The number of aryl methyl sites for hydroxylation is 1. The van der Waals surface area contributed by atoms with Gasteiger partial charge in [0, 0.05) is 29.7 Å². The van der Waals surface area contributed by atoms with Crippen molar-refractivity contribution in [2.45, 2.75) is 38.8 Å². The third kappa shape index (κ3) is 7.37. The smallest absolute Gasteiger partial charge is 0.491 e. The Morgan fingerprint density at radius 1 is 1.10 bits per heavy atom. The van der Waals surface area contributed by atoms with Gasteiger partial charge in [-0.3, -0.25) is 9.48 Å².